The Morgan fingerprint density at radius 1 is 1.40 bits per heavy atom. The van der Waals surface area contributed by atoms with Crippen molar-refractivity contribution in [2.24, 2.45) is 0 Å². The number of thiazole rings is 1. The minimum Gasteiger partial charge on any atom is -0.377 e. The summed E-state index contributed by atoms with van der Waals surface area (Å²) in [5.74, 6) is 0. The number of nitrogens with zero attached hydrogens (tertiary/aromatic N) is 1. The van der Waals surface area contributed by atoms with E-state index in [-0.39, 0.29) is 0 Å². The summed E-state index contributed by atoms with van der Waals surface area (Å²) in [4.78, 5) is 4.76. The molecule has 0 aliphatic carbocycles. The number of hydrogen-bond acceptors (Lipinski definition) is 4. The van der Waals surface area contributed by atoms with Crippen molar-refractivity contribution in [1.29, 1.82) is 0 Å². The molecule has 20 heavy (non-hydrogen) atoms. The molecule has 2 atom stereocenters. The summed E-state index contributed by atoms with van der Waals surface area (Å²) in [6.07, 6.45) is 3.61. The predicted molar refractivity (Wildman–Crippen MR) is 83.1 cm³/mol. The second-order valence-electron chi connectivity index (χ2n) is 5.14. The number of nitrogens with one attached hydrogen (secondary N) is 1. The Morgan fingerprint density at radius 2 is 2.25 bits per heavy atom. The lowest BCUT2D eigenvalue weighted by molar-refractivity contribution is 0.0808. The van der Waals surface area contributed by atoms with Gasteiger partial charge in [0, 0.05) is 30.0 Å². The van der Waals surface area contributed by atoms with Crippen molar-refractivity contribution < 1.29 is 4.74 Å². The standard InChI is InChI=1S/C16H20N2OS/c1-17-13(15-8-5-9-19-15)10-16-18-14(11-20-16)12-6-3-2-4-7-12/h2-4,6-7,11,13,15,17H,5,8-10H2,1H3. The fourth-order valence-electron chi connectivity index (χ4n) is 2.67. The molecule has 1 aliphatic rings. The second-order valence-corrected chi connectivity index (χ2v) is 6.09. The molecule has 0 saturated carbocycles. The number of hydrogen-bond donors (Lipinski definition) is 1. The van der Waals surface area contributed by atoms with Gasteiger partial charge < -0.3 is 10.1 Å². The second kappa shape index (κ2) is 6.48. The lowest BCUT2D eigenvalue weighted by Crippen LogP contribution is -2.39. The van der Waals surface area contributed by atoms with Gasteiger partial charge in [0.25, 0.3) is 0 Å². The van der Waals surface area contributed by atoms with Crippen LogP contribution in [0.15, 0.2) is 35.7 Å². The van der Waals surface area contributed by atoms with Gasteiger partial charge in [0.15, 0.2) is 0 Å². The smallest absolute Gasteiger partial charge is 0.0949 e. The largest absolute Gasteiger partial charge is 0.377 e. The highest BCUT2D eigenvalue weighted by Gasteiger charge is 2.25. The van der Waals surface area contributed by atoms with Crippen LogP contribution in [-0.2, 0) is 11.2 Å². The van der Waals surface area contributed by atoms with Crippen molar-refractivity contribution in [1.82, 2.24) is 10.3 Å². The quantitative estimate of drug-likeness (QED) is 0.918. The van der Waals surface area contributed by atoms with Gasteiger partial charge in [-0.15, -0.1) is 11.3 Å². The molecule has 0 bridgehead atoms. The summed E-state index contributed by atoms with van der Waals surface area (Å²) in [5, 5.41) is 6.71. The first kappa shape index (κ1) is 13.7. The Balaban J connectivity index is 1.70. The van der Waals surface area contributed by atoms with Crippen molar-refractivity contribution in [3.63, 3.8) is 0 Å². The summed E-state index contributed by atoms with van der Waals surface area (Å²) < 4.78 is 5.78. The highest BCUT2D eigenvalue weighted by Crippen LogP contribution is 2.24. The van der Waals surface area contributed by atoms with Crippen molar-refractivity contribution in [2.75, 3.05) is 13.7 Å². The first-order valence-corrected chi connectivity index (χ1v) is 8.03. The van der Waals surface area contributed by atoms with Crippen molar-refractivity contribution in [2.45, 2.75) is 31.4 Å². The third kappa shape index (κ3) is 3.08. The van der Waals surface area contributed by atoms with E-state index in [9.17, 15) is 0 Å². The highest BCUT2D eigenvalue weighted by molar-refractivity contribution is 7.09. The molecule has 106 valence electrons. The fraction of sp³-hybridized carbons (Fsp3) is 0.438. The Morgan fingerprint density at radius 3 is 2.95 bits per heavy atom. The Hall–Kier alpha value is -1.23. The van der Waals surface area contributed by atoms with E-state index >= 15 is 0 Å². The molecule has 0 amide bonds. The molecule has 2 aromatic rings. The molecular weight excluding hydrogens is 268 g/mol. The van der Waals surface area contributed by atoms with Crippen LogP contribution in [0.3, 0.4) is 0 Å². The van der Waals surface area contributed by atoms with Crippen LogP contribution in [0.25, 0.3) is 11.3 Å². The van der Waals surface area contributed by atoms with Gasteiger partial charge in [-0.3, -0.25) is 0 Å². The lowest BCUT2D eigenvalue weighted by atomic mass is 10.1. The van der Waals surface area contributed by atoms with Crippen LogP contribution in [-0.4, -0.2) is 30.8 Å². The van der Waals surface area contributed by atoms with Crippen LogP contribution in [0.2, 0.25) is 0 Å². The fourth-order valence-corrected chi connectivity index (χ4v) is 3.54. The molecule has 4 heteroatoms. The van der Waals surface area contributed by atoms with Crippen molar-refractivity contribution >= 4 is 11.3 Å². The average molecular weight is 288 g/mol. The van der Waals surface area contributed by atoms with Gasteiger partial charge in [0.2, 0.25) is 0 Å². The van der Waals surface area contributed by atoms with Gasteiger partial charge >= 0.3 is 0 Å². The van der Waals surface area contributed by atoms with Gasteiger partial charge in [-0.05, 0) is 19.9 Å². The summed E-state index contributed by atoms with van der Waals surface area (Å²) in [6, 6.07) is 10.7. The molecule has 1 saturated heterocycles. The highest BCUT2D eigenvalue weighted by atomic mass is 32.1. The summed E-state index contributed by atoms with van der Waals surface area (Å²) in [6.45, 7) is 0.899. The van der Waals surface area contributed by atoms with Crippen LogP contribution in [0.5, 0.6) is 0 Å². The van der Waals surface area contributed by atoms with Crippen molar-refractivity contribution in [3.8, 4) is 11.3 Å². The van der Waals surface area contributed by atoms with E-state index in [4.69, 9.17) is 9.72 Å². The van der Waals surface area contributed by atoms with Gasteiger partial charge in [0.1, 0.15) is 0 Å². The van der Waals surface area contributed by atoms with Crippen LogP contribution in [0.1, 0.15) is 17.8 Å². The third-order valence-corrected chi connectivity index (χ3v) is 4.67. The first-order chi connectivity index (χ1) is 9.86. The van der Waals surface area contributed by atoms with Crippen LogP contribution in [0, 0.1) is 0 Å². The minimum atomic E-state index is 0.337. The zero-order valence-electron chi connectivity index (χ0n) is 11.7. The molecule has 2 heterocycles. The van der Waals surface area contributed by atoms with Crippen LogP contribution in [0.4, 0.5) is 0 Å². The molecule has 1 aromatic heterocycles. The number of rotatable bonds is 5. The SMILES string of the molecule is CNC(Cc1nc(-c2ccccc2)cs1)C1CCCO1. The molecule has 2 unspecified atom stereocenters. The zero-order chi connectivity index (χ0) is 13.8. The lowest BCUT2D eigenvalue weighted by Gasteiger charge is -2.21. The molecule has 0 radical (unpaired) electrons. The molecular formula is C16H20N2OS. The first-order valence-electron chi connectivity index (χ1n) is 7.15. The molecule has 1 N–H and O–H groups in total. The number of aromatic nitrogens is 1. The maximum absolute atomic E-state index is 5.78. The Bertz CT molecular complexity index is 534. The summed E-state index contributed by atoms with van der Waals surface area (Å²) in [7, 11) is 2.01. The number of benzene rings is 1. The molecule has 1 fully saturated rings. The third-order valence-electron chi connectivity index (χ3n) is 3.80. The van der Waals surface area contributed by atoms with E-state index in [1.54, 1.807) is 11.3 Å². The van der Waals surface area contributed by atoms with E-state index < -0.39 is 0 Å². The van der Waals surface area contributed by atoms with E-state index in [1.165, 1.54) is 17.0 Å². The van der Waals surface area contributed by atoms with Crippen LogP contribution < -0.4 is 5.32 Å². The summed E-state index contributed by atoms with van der Waals surface area (Å²) in [5.41, 5.74) is 2.26. The van der Waals surface area contributed by atoms with E-state index in [0.717, 1.165) is 25.1 Å². The van der Waals surface area contributed by atoms with E-state index in [0.29, 0.717) is 12.1 Å². The molecule has 1 aliphatic heterocycles. The Kier molecular flexibility index (Phi) is 4.45. The topological polar surface area (TPSA) is 34.2 Å². The predicted octanol–water partition coefficient (Wildman–Crippen LogP) is 3.12. The average Bonchev–Trinajstić information content (AvgIpc) is 3.17. The molecule has 3 nitrogen and oxygen atoms in total. The monoisotopic (exact) mass is 288 g/mol. The van der Waals surface area contributed by atoms with E-state index in [1.807, 2.05) is 13.1 Å². The number of likely N-dealkylation sites (N-methyl/N-ethyl adjacent to an activating group) is 1. The van der Waals surface area contributed by atoms with Gasteiger partial charge in [-0.1, -0.05) is 30.3 Å². The zero-order valence-corrected chi connectivity index (χ0v) is 12.5. The number of ether oxygens (including phenoxy) is 1. The maximum Gasteiger partial charge on any atom is 0.0949 e. The normalized spacial score (nSPS) is 20.1. The minimum absolute atomic E-state index is 0.337. The molecule has 0 spiro atoms. The van der Waals surface area contributed by atoms with Gasteiger partial charge in [-0.2, -0.15) is 0 Å². The maximum atomic E-state index is 5.78. The Labute approximate surface area is 124 Å². The molecule has 1 aromatic carbocycles. The summed E-state index contributed by atoms with van der Waals surface area (Å²) >= 11 is 1.74. The van der Waals surface area contributed by atoms with Gasteiger partial charge in [0.05, 0.1) is 16.8 Å². The molecule has 3 rings (SSSR count). The van der Waals surface area contributed by atoms with E-state index in [2.05, 4.69) is 35.0 Å². The van der Waals surface area contributed by atoms with Crippen LogP contribution >= 0.6 is 11.3 Å². The van der Waals surface area contributed by atoms with Crippen molar-refractivity contribution in [3.05, 3.63) is 40.7 Å². The van der Waals surface area contributed by atoms with Gasteiger partial charge in [-0.25, -0.2) is 4.98 Å².